The summed E-state index contributed by atoms with van der Waals surface area (Å²) < 4.78 is 0. The summed E-state index contributed by atoms with van der Waals surface area (Å²) >= 11 is 0. The minimum Gasteiger partial charge on any atom is -0.394 e. The van der Waals surface area contributed by atoms with Gasteiger partial charge in [0, 0.05) is 0 Å². The van der Waals surface area contributed by atoms with Crippen LogP contribution in [0.15, 0.2) is 0 Å². The molecule has 3 unspecified atom stereocenters. The van der Waals surface area contributed by atoms with Gasteiger partial charge in [-0.05, 0) is 12.8 Å². The molecule has 0 spiro atoms. The SMILES string of the molecule is CCCCCCCCCCCCCCCCCCCCCCCC(O)C(CO)NC(=O)C(O)CCCCCCCCCCCCCCCC. The molecular formula is C44H89NO4. The predicted octanol–water partition coefficient (Wildman–Crippen LogP) is 12.7. The van der Waals surface area contributed by atoms with Crippen molar-refractivity contribution in [1.29, 1.82) is 0 Å². The van der Waals surface area contributed by atoms with E-state index < -0.39 is 24.2 Å². The van der Waals surface area contributed by atoms with E-state index in [-0.39, 0.29) is 6.61 Å². The Kier molecular flexibility index (Phi) is 39.6. The maximum atomic E-state index is 12.5. The third-order valence-corrected chi connectivity index (χ3v) is 10.7. The molecule has 4 N–H and O–H groups in total. The molecule has 294 valence electrons. The van der Waals surface area contributed by atoms with E-state index in [0.29, 0.717) is 12.8 Å². The molecule has 0 saturated carbocycles. The average Bonchev–Trinajstić information content (AvgIpc) is 3.11. The third-order valence-electron chi connectivity index (χ3n) is 10.7. The third kappa shape index (κ3) is 35.5. The van der Waals surface area contributed by atoms with Gasteiger partial charge in [0.25, 0.3) is 0 Å². The molecule has 1 amide bonds. The molecule has 0 heterocycles. The number of aliphatic hydroxyl groups excluding tert-OH is 3. The number of carbonyl (C=O) groups excluding carboxylic acids is 1. The summed E-state index contributed by atoms with van der Waals surface area (Å²) in [6.07, 6.45) is 45.3. The van der Waals surface area contributed by atoms with Crippen LogP contribution < -0.4 is 5.32 Å². The van der Waals surface area contributed by atoms with Crippen LogP contribution in [0.4, 0.5) is 0 Å². The molecule has 0 aliphatic carbocycles. The topological polar surface area (TPSA) is 89.8 Å². The Hall–Kier alpha value is -0.650. The highest BCUT2D eigenvalue weighted by atomic mass is 16.3. The molecule has 5 heteroatoms. The molecule has 0 bridgehead atoms. The van der Waals surface area contributed by atoms with E-state index in [9.17, 15) is 20.1 Å². The quantitative estimate of drug-likeness (QED) is 0.0479. The van der Waals surface area contributed by atoms with E-state index in [1.807, 2.05) is 0 Å². The van der Waals surface area contributed by atoms with E-state index in [0.717, 1.165) is 32.1 Å². The molecule has 0 aliphatic rings. The lowest BCUT2D eigenvalue weighted by atomic mass is 10.0. The Labute approximate surface area is 307 Å². The van der Waals surface area contributed by atoms with Crippen molar-refractivity contribution < 1.29 is 20.1 Å². The average molecular weight is 696 g/mol. The minimum atomic E-state index is -1.07. The van der Waals surface area contributed by atoms with Gasteiger partial charge in [0.2, 0.25) is 5.91 Å². The zero-order chi connectivity index (χ0) is 35.9. The standard InChI is InChI=1S/C44H89NO4/c1-3-5-7-9-11-13-15-17-19-20-21-22-23-24-25-27-28-30-32-34-36-38-42(47)41(40-46)45-44(49)43(48)39-37-35-33-31-29-26-18-16-14-12-10-8-6-4-2/h41-43,46-48H,3-40H2,1-2H3,(H,45,49). The summed E-state index contributed by atoms with van der Waals surface area (Å²) in [6.45, 7) is 4.25. The Morgan fingerprint density at radius 3 is 0.918 bits per heavy atom. The molecule has 0 saturated heterocycles. The number of unbranched alkanes of at least 4 members (excludes halogenated alkanes) is 33. The molecule has 0 aromatic rings. The molecule has 0 aliphatic heterocycles. The predicted molar refractivity (Wildman–Crippen MR) is 213 cm³/mol. The lowest BCUT2D eigenvalue weighted by Crippen LogP contribution is -2.49. The molecule has 0 rings (SSSR count). The van der Waals surface area contributed by atoms with Crippen molar-refractivity contribution in [1.82, 2.24) is 5.32 Å². The van der Waals surface area contributed by atoms with Gasteiger partial charge in [-0.1, -0.05) is 239 Å². The number of hydrogen-bond donors (Lipinski definition) is 4. The molecule has 0 radical (unpaired) electrons. The van der Waals surface area contributed by atoms with Crippen LogP contribution >= 0.6 is 0 Å². The van der Waals surface area contributed by atoms with Crippen molar-refractivity contribution in [3.8, 4) is 0 Å². The Bertz CT molecular complexity index is 644. The molecule has 0 aromatic carbocycles. The van der Waals surface area contributed by atoms with Crippen LogP contribution in [0.1, 0.15) is 251 Å². The maximum absolute atomic E-state index is 12.5. The van der Waals surface area contributed by atoms with Gasteiger partial charge in [-0.3, -0.25) is 4.79 Å². The first-order chi connectivity index (χ1) is 24.1. The minimum absolute atomic E-state index is 0.308. The number of nitrogens with one attached hydrogen (secondary N) is 1. The summed E-state index contributed by atoms with van der Waals surface area (Å²) in [5.74, 6) is -0.466. The maximum Gasteiger partial charge on any atom is 0.249 e. The van der Waals surface area contributed by atoms with Gasteiger partial charge >= 0.3 is 0 Å². The first-order valence-electron chi connectivity index (χ1n) is 22.3. The van der Waals surface area contributed by atoms with E-state index in [1.165, 1.54) is 193 Å². The van der Waals surface area contributed by atoms with Gasteiger partial charge in [-0.15, -0.1) is 0 Å². The van der Waals surface area contributed by atoms with Crippen LogP contribution in [0.3, 0.4) is 0 Å². The highest BCUT2D eigenvalue weighted by molar-refractivity contribution is 5.80. The normalized spacial score (nSPS) is 13.5. The first kappa shape index (κ1) is 48.3. The van der Waals surface area contributed by atoms with Gasteiger partial charge in [-0.25, -0.2) is 0 Å². The largest absolute Gasteiger partial charge is 0.394 e. The van der Waals surface area contributed by atoms with Crippen LogP contribution in [-0.2, 0) is 4.79 Å². The molecule has 5 nitrogen and oxygen atoms in total. The second-order valence-electron chi connectivity index (χ2n) is 15.6. The summed E-state index contributed by atoms with van der Waals surface area (Å²) in [4.78, 5) is 12.5. The monoisotopic (exact) mass is 696 g/mol. The van der Waals surface area contributed by atoms with Crippen molar-refractivity contribution in [3.05, 3.63) is 0 Å². The lowest BCUT2D eigenvalue weighted by Gasteiger charge is -2.23. The van der Waals surface area contributed by atoms with Gasteiger partial charge in [0.1, 0.15) is 6.10 Å². The van der Waals surface area contributed by atoms with Crippen molar-refractivity contribution in [2.75, 3.05) is 6.61 Å². The second kappa shape index (κ2) is 40.1. The van der Waals surface area contributed by atoms with Gasteiger partial charge < -0.3 is 20.6 Å². The fourth-order valence-corrected chi connectivity index (χ4v) is 7.19. The Balaban J connectivity index is 3.56. The zero-order valence-corrected chi connectivity index (χ0v) is 33.4. The van der Waals surface area contributed by atoms with Crippen LogP contribution in [0.25, 0.3) is 0 Å². The van der Waals surface area contributed by atoms with E-state index in [4.69, 9.17) is 0 Å². The summed E-state index contributed by atoms with van der Waals surface area (Å²) in [5.41, 5.74) is 0. The summed E-state index contributed by atoms with van der Waals surface area (Å²) in [5, 5.41) is 33.3. The lowest BCUT2D eigenvalue weighted by molar-refractivity contribution is -0.131. The number of aliphatic hydroxyl groups is 3. The zero-order valence-electron chi connectivity index (χ0n) is 33.4. The number of rotatable bonds is 41. The van der Waals surface area contributed by atoms with Crippen molar-refractivity contribution in [2.24, 2.45) is 0 Å². The van der Waals surface area contributed by atoms with Crippen molar-refractivity contribution in [3.63, 3.8) is 0 Å². The number of carbonyl (C=O) groups is 1. The fourth-order valence-electron chi connectivity index (χ4n) is 7.19. The van der Waals surface area contributed by atoms with E-state index in [2.05, 4.69) is 19.2 Å². The van der Waals surface area contributed by atoms with Crippen LogP contribution in [0, 0.1) is 0 Å². The molecular weight excluding hydrogens is 606 g/mol. The van der Waals surface area contributed by atoms with E-state index in [1.54, 1.807) is 0 Å². The first-order valence-corrected chi connectivity index (χ1v) is 22.3. The summed E-state index contributed by atoms with van der Waals surface area (Å²) in [6, 6.07) is -0.705. The van der Waals surface area contributed by atoms with Gasteiger partial charge in [0.15, 0.2) is 0 Å². The molecule has 0 fully saturated rings. The highest BCUT2D eigenvalue weighted by Gasteiger charge is 2.23. The Morgan fingerprint density at radius 1 is 0.408 bits per heavy atom. The molecule has 49 heavy (non-hydrogen) atoms. The van der Waals surface area contributed by atoms with Crippen molar-refractivity contribution in [2.45, 2.75) is 270 Å². The molecule has 3 atom stereocenters. The summed E-state index contributed by atoms with van der Waals surface area (Å²) in [7, 11) is 0. The second-order valence-corrected chi connectivity index (χ2v) is 15.6. The smallest absolute Gasteiger partial charge is 0.249 e. The highest BCUT2D eigenvalue weighted by Crippen LogP contribution is 2.17. The Morgan fingerprint density at radius 2 is 0.653 bits per heavy atom. The van der Waals surface area contributed by atoms with Crippen LogP contribution in [-0.4, -0.2) is 46.1 Å². The van der Waals surface area contributed by atoms with Crippen LogP contribution in [0.5, 0.6) is 0 Å². The van der Waals surface area contributed by atoms with Crippen molar-refractivity contribution >= 4 is 5.91 Å². The molecule has 0 aromatic heterocycles. The fraction of sp³-hybridized carbons (Fsp3) is 0.977. The van der Waals surface area contributed by atoms with E-state index >= 15 is 0 Å². The van der Waals surface area contributed by atoms with Crippen LogP contribution in [0.2, 0.25) is 0 Å². The number of hydrogen-bond acceptors (Lipinski definition) is 4. The van der Waals surface area contributed by atoms with Gasteiger partial charge in [-0.2, -0.15) is 0 Å². The van der Waals surface area contributed by atoms with Gasteiger partial charge in [0.05, 0.1) is 18.8 Å². The number of amides is 1.